The summed E-state index contributed by atoms with van der Waals surface area (Å²) < 4.78 is 0. The molecule has 2 unspecified atom stereocenters. The highest BCUT2D eigenvalue weighted by molar-refractivity contribution is 5.82. The summed E-state index contributed by atoms with van der Waals surface area (Å²) in [7, 11) is 0. The summed E-state index contributed by atoms with van der Waals surface area (Å²) in [6, 6.07) is -0.177. The first-order chi connectivity index (χ1) is 8.99. The Hall–Kier alpha value is -1.10. The van der Waals surface area contributed by atoms with E-state index in [-0.39, 0.29) is 36.3 Å². The van der Waals surface area contributed by atoms with E-state index >= 15 is 0 Å². The molecule has 2 amide bonds. The Morgan fingerprint density at radius 3 is 2.63 bits per heavy atom. The quantitative estimate of drug-likeness (QED) is 0.775. The minimum atomic E-state index is -0.177. The molecule has 1 heterocycles. The lowest BCUT2D eigenvalue weighted by molar-refractivity contribution is -0.138. The van der Waals surface area contributed by atoms with Crippen LogP contribution in [0.2, 0.25) is 0 Å². The van der Waals surface area contributed by atoms with Gasteiger partial charge in [-0.15, -0.1) is 0 Å². The topological polar surface area (TPSA) is 69.6 Å². The number of amides is 2. The molecule has 0 spiro atoms. The van der Waals surface area contributed by atoms with Gasteiger partial charge in [-0.3, -0.25) is 9.59 Å². The van der Waals surface area contributed by atoms with E-state index < -0.39 is 0 Å². The average Bonchev–Trinajstić information content (AvgIpc) is 2.43. The van der Waals surface area contributed by atoms with Crippen LogP contribution in [-0.4, -0.2) is 47.6 Å². The molecule has 5 heteroatoms. The molecule has 0 bridgehead atoms. The summed E-state index contributed by atoms with van der Waals surface area (Å²) in [5.74, 6) is -0.0893. The van der Waals surface area contributed by atoms with Gasteiger partial charge in [0.2, 0.25) is 11.8 Å². The summed E-state index contributed by atoms with van der Waals surface area (Å²) in [5, 5.41) is 12.0. The second kappa shape index (κ2) is 7.48. The van der Waals surface area contributed by atoms with Crippen LogP contribution in [0.25, 0.3) is 0 Å². The van der Waals surface area contributed by atoms with Crippen molar-refractivity contribution in [2.24, 2.45) is 11.8 Å². The summed E-state index contributed by atoms with van der Waals surface area (Å²) >= 11 is 0. The molecule has 1 fully saturated rings. The van der Waals surface area contributed by atoms with E-state index in [0.717, 1.165) is 19.4 Å². The molecule has 110 valence electrons. The fourth-order valence-corrected chi connectivity index (χ4v) is 2.35. The van der Waals surface area contributed by atoms with Crippen molar-refractivity contribution in [3.8, 4) is 0 Å². The number of nitrogens with zero attached hydrogens (tertiary/aromatic N) is 1. The Bertz CT molecular complexity index is 314. The molecule has 2 N–H and O–H groups in total. The number of piperidine rings is 1. The van der Waals surface area contributed by atoms with Crippen molar-refractivity contribution in [3.05, 3.63) is 0 Å². The van der Waals surface area contributed by atoms with Gasteiger partial charge in [0.1, 0.15) is 0 Å². The van der Waals surface area contributed by atoms with Crippen molar-refractivity contribution in [1.82, 2.24) is 10.2 Å². The molecule has 0 saturated carbocycles. The molecule has 19 heavy (non-hydrogen) atoms. The smallest absolute Gasteiger partial charge is 0.225 e. The number of carbonyl (C=O) groups excluding carboxylic acids is 2. The lowest BCUT2D eigenvalue weighted by atomic mass is 9.95. The maximum atomic E-state index is 12.1. The van der Waals surface area contributed by atoms with Gasteiger partial charge in [0, 0.05) is 19.0 Å². The minimum Gasteiger partial charge on any atom is -0.394 e. The number of aliphatic hydroxyl groups is 1. The zero-order chi connectivity index (χ0) is 14.4. The first kappa shape index (κ1) is 16.0. The van der Waals surface area contributed by atoms with Gasteiger partial charge in [-0.05, 0) is 19.3 Å². The molecule has 0 aromatic rings. The Kier molecular flexibility index (Phi) is 6.28. The van der Waals surface area contributed by atoms with E-state index in [0.29, 0.717) is 13.0 Å². The maximum Gasteiger partial charge on any atom is 0.225 e. The van der Waals surface area contributed by atoms with Crippen molar-refractivity contribution in [1.29, 1.82) is 0 Å². The lowest BCUT2D eigenvalue weighted by Gasteiger charge is -2.33. The fourth-order valence-electron chi connectivity index (χ4n) is 2.35. The summed E-state index contributed by atoms with van der Waals surface area (Å²) in [4.78, 5) is 25.8. The number of hydrogen-bond acceptors (Lipinski definition) is 3. The maximum absolute atomic E-state index is 12.1. The summed E-state index contributed by atoms with van der Waals surface area (Å²) in [6.07, 6.45) is 2.39. The van der Waals surface area contributed by atoms with Gasteiger partial charge < -0.3 is 15.3 Å². The van der Waals surface area contributed by atoms with Crippen molar-refractivity contribution >= 4 is 11.8 Å². The highest BCUT2D eigenvalue weighted by Crippen LogP contribution is 2.18. The SMILES string of the molecule is CCC(CO)NC(=O)C1CCCN(C(=O)C(C)C)C1. The Morgan fingerprint density at radius 2 is 2.11 bits per heavy atom. The molecular formula is C14H26N2O3. The zero-order valence-corrected chi connectivity index (χ0v) is 12.2. The van der Waals surface area contributed by atoms with Crippen LogP contribution in [-0.2, 0) is 9.59 Å². The minimum absolute atomic E-state index is 0.0253. The fraction of sp³-hybridized carbons (Fsp3) is 0.857. The second-order valence-corrected chi connectivity index (χ2v) is 5.57. The first-order valence-electron chi connectivity index (χ1n) is 7.19. The number of aliphatic hydroxyl groups excluding tert-OH is 1. The van der Waals surface area contributed by atoms with Crippen LogP contribution in [0.3, 0.4) is 0 Å². The number of likely N-dealkylation sites (tertiary alicyclic amines) is 1. The third kappa shape index (κ3) is 4.49. The summed E-state index contributed by atoms with van der Waals surface area (Å²) in [5.41, 5.74) is 0. The predicted molar refractivity (Wildman–Crippen MR) is 73.4 cm³/mol. The van der Waals surface area contributed by atoms with Gasteiger partial charge >= 0.3 is 0 Å². The predicted octanol–water partition coefficient (Wildman–Crippen LogP) is 0.768. The van der Waals surface area contributed by atoms with Gasteiger partial charge in [-0.2, -0.15) is 0 Å². The van der Waals surface area contributed by atoms with Gasteiger partial charge in [0.05, 0.1) is 18.6 Å². The van der Waals surface area contributed by atoms with Gasteiger partial charge in [-0.25, -0.2) is 0 Å². The molecule has 0 aromatic heterocycles. The highest BCUT2D eigenvalue weighted by atomic mass is 16.3. The Morgan fingerprint density at radius 1 is 1.42 bits per heavy atom. The molecule has 1 aliphatic rings. The van der Waals surface area contributed by atoms with Crippen molar-refractivity contribution in [2.45, 2.75) is 46.1 Å². The second-order valence-electron chi connectivity index (χ2n) is 5.57. The highest BCUT2D eigenvalue weighted by Gasteiger charge is 2.29. The van der Waals surface area contributed by atoms with E-state index in [9.17, 15) is 9.59 Å². The molecule has 0 radical (unpaired) electrons. The number of carbonyl (C=O) groups is 2. The van der Waals surface area contributed by atoms with E-state index in [1.807, 2.05) is 20.8 Å². The summed E-state index contributed by atoms with van der Waals surface area (Å²) in [6.45, 7) is 6.90. The molecule has 2 atom stereocenters. The van der Waals surface area contributed by atoms with Crippen molar-refractivity contribution < 1.29 is 14.7 Å². The molecule has 1 saturated heterocycles. The number of nitrogens with one attached hydrogen (secondary N) is 1. The molecule has 1 aliphatic heterocycles. The molecule has 5 nitrogen and oxygen atoms in total. The van der Waals surface area contributed by atoms with Crippen LogP contribution >= 0.6 is 0 Å². The van der Waals surface area contributed by atoms with E-state index in [2.05, 4.69) is 5.32 Å². The van der Waals surface area contributed by atoms with Crippen LogP contribution in [0.5, 0.6) is 0 Å². The van der Waals surface area contributed by atoms with E-state index in [1.54, 1.807) is 4.90 Å². The largest absolute Gasteiger partial charge is 0.394 e. The Labute approximate surface area is 115 Å². The Balaban J connectivity index is 2.54. The van der Waals surface area contributed by atoms with Crippen LogP contribution < -0.4 is 5.32 Å². The zero-order valence-electron chi connectivity index (χ0n) is 12.2. The molecule has 0 aliphatic carbocycles. The molecular weight excluding hydrogens is 244 g/mol. The molecule has 1 rings (SSSR count). The third-order valence-electron chi connectivity index (χ3n) is 3.66. The third-order valence-corrected chi connectivity index (χ3v) is 3.66. The van der Waals surface area contributed by atoms with Gasteiger partial charge in [0.15, 0.2) is 0 Å². The van der Waals surface area contributed by atoms with Crippen LogP contribution in [0.1, 0.15) is 40.0 Å². The standard InChI is InChI=1S/C14H26N2O3/c1-4-12(9-17)15-13(18)11-6-5-7-16(8-11)14(19)10(2)3/h10-12,17H,4-9H2,1-3H3,(H,15,18). The number of hydrogen-bond donors (Lipinski definition) is 2. The van der Waals surface area contributed by atoms with E-state index in [1.165, 1.54) is 0 Å². The van der Waals surface area contributed by atoms with E-state index in [4.69, 9.17) is 5.11 Å². The molecule has 0 aromatic carbocycles. The average molecular weight is 270 g/mol. The van der Waals surface area contributed by atoms with Crippen LogP contribution in [0.15, 0.2) is 0 Å². The van der Waals surface area contributed by atoms with Crippen LogP contribution in [0.4, 0.5) is 0 Å². The lowest BCUT2D eigenvalue weighted by Crippen LogP contribution is -2.49. The number of rotatable bonds is 5. The van der Waals surface area contributed by atoms with Crippen LogP contribution in [0, 0.1) is 11.8 Å². The normalized spacial score (nSPS) is 21.3. The van der Waals surface area contributed by atoms with Crippen molar-refractivity contribution in [3.63, 3.8) is 0 Å². The van der Waals surface area contributed by atoms with Gasteiger partial charge in [0.25, 0.3) is 0 Å². The van der Waals surface area contributed by atoms with Gasteiger partial charge in [-0.1, -0.05) is 20.8 Å². The first-order valence-corrected chi connectivity index (χ1v) is 7.19. The van der Waals surface area contributed by atoms with Crippen molar-refractivity contribution in [2.75, 3.05) is 19.7 Å². The monoisotopic (exact) mass is 270 g/mol.